The maximum Gasteiger partial charge on any atom is 0.223 e. The zero-order chi connectivity index (χ0) is 16.9. The van der Waals surface area contributed by atoms with E-state index in [4.69, 9.17) is 0 Å². The van der Waals surface area contributed by atoms with E-state index in [1.54, 1.807) is 6.07 Å². The molecule has 132 valence electrons. The lowest BCUT2D eigenvalue weighted by molar-refractivity contribution is -0.122. The number of hydrogen-bond acceptors (Lipinski definition) is 3. The van der Waals surface area contributed by atoms with Gasteiger partial charge in [0.25, 0.3) is 0 Å². The SMILES string of the molecule is O=C(NCCCCN1CCCC1CO)C1CC1c1cccc(F)c1. The first-order valence-electron chi connectivity index (χ1n) is 9.07. The van der Waals surface area contributed by atoms with Crippen LogP contribution in [-0.4, -0.2) is 48.2 Å². The van der Waals surface area contributed by atoms with Crippen LogP contribution in [0.4, 0.5) is 4.39 Å². The molecule has 2 N–H and O–H groups in total. The number of aliphatic hydroxyl groups is 1. The van der Waals surface area contributed by atoms with Gasteiger partial charge in [-0.05, 0) is 68.8 Å². The van der Waals surface area contributed by atoms with Crippen LogP contribution in [0, 0.1) is 11.7 Å². The Bertz CT molecular complexity index is 566. The normalized spacial score (nSPS) is 26.5. The van der Waals surface area contributed by atoms with Gasteiger partial charge in [0.15, 0.2) is 0 Å². The molecule has 1 amide bonds. The first kappa shape index (κ1) is 17.4. The molecule has 3 atom stereocenters. The molecule has 1 saturated carbocycles. The van der Waals surface area contributed by atoms with Crippen LogP contribution in [-0.2, 0) is 4.79 Å². The predicted molar refractivity (Wildman–Crippen MR) is 91.2 cm³/mol. The molecule has 1 saturated heterocycles. The van der Waals surface area contributed by atoms with Crippen LogP contribution in [0.1, 0.15) is 43.6 Å². The lowest BCUT2D eigenvalue weighted by Gasteiger charge is -2.22. The van der Waals surface area contributed by atoms with E-state index in [-0.39, 0.29) is 30.2 Å². The molecule has 3 unspecified atom stereocenters. The smallest absolute Gasteiger partial charge is 0.223 e. The molecule has 1 aliphatic heterocycles. The molecule has 2 aliphatic rings. The van der Waals surface area contributed by atoms with E-state index in [1.165, 1.54) is 18.6 Å². The Kier molecular flexibility index (Phi) is 5.85. The van der Waals surface area contributed by atoms with Crippen molar-refractivity contribution >= 4 is 5.91 Å². The van der Waals surface area contributed by atoms with Gasteiger partial charge in [-0.2, -0.15) is 0 Å². The van der Waals surface area contributed by atoms with Gasteiger partial charge in [-0.3, -0.25) is 9.69 Å². The van der Waals surface area contributed by atoms with Crippen LogP contribution < -0.4 is 5.32 Å². The summed E-state index contributed by atoms with van der Waals surface area (Å²) < 4.78 is 13.2. The number of nitrogens with zero attached hydrogens (tertiary/aromatic N) is 1. The number of unbranched alkanes of at least 4 members (excludes halogenated alkanes) is 1. The fourth-order valence-electron chi connectivity index (χ4n) is 3.77. The van der Waals surface area contributed by atoms with E-state index in [1.807, 2.05) is 6.07 Å². The highest BCUT2D eigenvalue weighted by atomic mass is 19.1. The number of aliphatic hydroxyl groups excluding tert-OH is 1. The van der Waals surface area contributed by atoms with Gasteiger partial charge in [0.05, 0.1) is 6.61 Å². The molecule has 1 aliphatic carbocycles. The fraction of sp³-hybridized carbons (Fsp3) is 0.632. The topological polar surface area (TPSA) is 52.6 Å². The Labute approximate surface area is 143 Å². The number of carbonyl (C=O) groups excluding carboxylic acids is 1. The summed E-state index contributed by atoms with van der Waals surface area (Å²) in [5.74, 6) is 0.0417. The van der Waals surface area contributed by atoms with E-state index in [0.29, 0.717) is 12.6 Å². The number of nitrogens with one attached hydrogen (secondary N) is 1. The van der Waals surface area contributed by atoms with Crippen molar-refractivity contribution in [2.75, 3.05) is 26.2 Å². The Morgan fingerprint density at radius 3 is 3.04 bits per heavy atom. The number of amides is 1. The molecule has 0 radical (unpaired) electrons. The molecule has 4 nitrogen and oxygen atoms in total. The molecule has 24 heavy (non-hydrogen) atoms. The molecule has 1 aromatic rings. The van der Waals surface area contributed by atoms with Crippen molar-refractivity contribution in [1.29, 1.82) is 0 Å². The average Bonchev–Trinajstić information content (AvgIpc) is 3.26. The second kappa shape index (κ2) is 8.08. The summed E-state index contributed by atoms with van der Waals surface area (Å²) >= 11 is 0. The minimum absolute atomic E-state index is 0.00384. The van der Waals surface area contributed by atoms with Crippen molar-refractivity contribution in [2.45, 2.75) is 44.1 Å². The molecule has 2 fully saturated rings. The van der Waals surface area contributed by atoms with Crippen molar-refractivity contribution in [1.82, 2.24) is 10.2 Å². The number of benzene rings is 1. The van der Waals surface area contributed by atoms with Crippen molar-refractivity contribution in [2.24, 2.45) is 5.92 Å². The highest BCUT2D eigenvalue weighted by Crippen LogP contribution is 2.47. The van der Waals surface area contributed by atoms with E-state index in [9.17, 15) is 14.3 Å². The van der Waals surface area contributed by atoms with Crippen LogP contribution in [0.3, 0.4) is 0 Å². The van der Waals surface area contributed by atoms with Crippen molar-refractivity contribution < 1.29 is 14.3 Å². The molecule has 5 heteroatoms. The number of halogens is 1. The lowest BCUT2D eigenvalue weighted by atomic mass is 10.1. The van der Waals surface area contributed by atoms with Gasteiger partial charge in [0, 0.05) is 18.5 Å². The molecular weight excluding hydrogens is 307 g/mol. The molecule has 0 aromatic heterocycles. The monoisotopic (exact) mass is 334 g/mol. The van der Waals surface area contributed by atoms with Crippen LogP contribution in [0.5, 0.6) is 0 Å². The summed E-state index contributed by atoms with van der Waals surface area (Å²) in [4.78, 5) is 14.5. The number of carbonyl (C=O) groups is 1. The number of hydrogen-bond donors (Lipinski definition) is 2. The molecular formula is C19H27FN2O2. The summed E-state index contributed by atoms with van der Waals surface area (Å²) in [6.45, 7) is 3.02. The van der Waals surface area contributed by atoms with Crippen LogP contribution >= 0.6 is 0 Å². The third-order valence-corrected chi connectivity index (χ3v) is 5.29. The van der Waals surface area contributed by atoms with Crippen LogP contribution in [0.15, 0.2) is 24.3 Å². The zero-order valence-electron chi connectivity index (χ0n) is 14.1. The Hall–Kier alpha value is -1.46. The van der Waals surface area contributed by atoms with Gasteiger partial charge >= 0.3 is 0 Å². The Morgan fingerprint density at radius 2 is 2.25 bits per heavy atom. The molecule has 3 rings (SSSR count). The maximum atomic E-state index is 13.2. The van der Waals surface area contributed by atoms with Gasteiger partial charge in [-0.15, -0.1) is 0 Å². The Balaban J connectivity index is 1.31. The summed E-state index contributed by atoms with van der Waals surface area (Å²) in [5.41, 5.74) is 0.930. The van der Waals surface area contributed by atoms with E-state index in [2.05, 4.69) is 10.2 Å². The summed E-state index contributed by atoms with van der Waals surface area (Å²) in [5, 5.41) is 12.3. The average molecular weight is 334 g/mol. The minimum Gasteiger partial charge on any atom is -0.395 e. The maximum absolute atomic E-state index is 13.2. The fourth-order valence-corrected chi connectivity index (χ4v) is 3.77. The second-order valence-electron chi connectivity index (χ2n) is 7.02. The first-order chi connectivity index (χ1) is 11.7. The van der Waals surface area contributed by atoms with E-state index < -0.39 is 0 Å². The lowest BCUT2D eigenvalue weighted by Crippen LogP contribution is -2.33. The zero-order valence-corrected chi connectivity index (χ0v) is 14.1. The van der Waals surface area contributed by atoms with Gasteiger partial charge < -0.3 is 10.4 Å². The van der Waals surface area contributed by atoms with Crippen LogP contribution in [0.2, 0.25) is 0 Å². The third kappa shape index (κ3) is 4.33. The Morgan fingerprint density at radius 1 is 1.38 bits per heavy atom. The standard InChI is InChI=1S/C19H27FN2O2/c20-15-6-3-5-14(11-15)17-12-18(17)19(24)21-8-1-2-9-22-10-4-7-16(22)13-23/h3,5-6,11,16-18,23H,1-2,4,7-10,12-13H2,(H,21,24). The third-order valence-electron chi connectivity index (χ3n) is 5.29. The van der Waals surface area contributed by atoms with Crippen molar-refractivity contribution in [3.8, 4) is 0 Å². The minimum atomic E-state index is -0.235. The van der Waals surface area contributed by atoms with Gasteiger partial charge in [-0.25, -0.2) is 4.39 Å². The molecule has 0 spiro atoms. The molecule has 1 heterocycles. The van der Waals surface area contributed by atoms with Gasteiger partial charge in [0.2, 0.25) is 5.91 Å². The summed E-state index contributed by atoms with van der Waals surface area (Å²) in [7, 11) is 0. The molecule has 1 aromatic carbocycles. The van der Waals surface area contributed by atoms with Gasteiger partial charge in [-0.1, -0.05) is 12.1 Å². The predicted octanol–water partition coefficient (Wildman–Crippen LogP) is 2.28. The van der Waals surface area contributed by atoms with E-state index >= 15 is 0 Å². The summed E-state index contributed by atoms with van der Waals surface area (Å²) in [6.07, 6.45) is 5.08. The quantitative estimate of drug-likeness (QED) is 0.717. The highest BCUT2D eigenvalue weighted by molar-refractivity contribution is 5.82. The van der Waals surface area contributed by atoms with E-state index in [0.717, 1.165) is 44.3 Å². The molecule has 0 bridgehead atoms. The largest absolute Gasteiger partial charge is 0.395 e. The number of likely N-dealkylation sites (tertiary alicyclic amines) is 1. The van der Waals surface area contributed by atoms with Crippen molar-refractivity contribution in [3.05, 3.63) is 35.6 Å². The first-order valence-corrected chi connectivity index (χ1v) is 9.07. The summed E-state index contributed by atoms with van der Waals surface area (Å²) in [6, 6.07) is 6.90. The van der Waals surface area contributed by atoms with Crippen molar-refractivity contribution in [3.63, 3.8) is 0 Å². The van der Waals surface area contributed by atoms with Crippen LogP contribution in [0.25, 0.3) is 0 Å². The number of rotatable bonds is 8. The van der Waals surface area contributed by atoms with Gasteiger partial charge in [0.1, 0.15) is 5.82 Å². The second-order valence-corrected chi connectivity index (χ2v) is 7.02. The highest BCUT2D eigenvalue weighted by Gasteiger charge is 2.43.